The summed E-state index contributed by atoms with van der Waals surface area (Å²) >= 11 is 0. The molecule has 35 heavy (non-hydrogen) atoms. The van der Waals surface area contributed by atoms with Gasteiger partial charge < -0.3 is 19.3 Å². The average molecular weight is 483 g/mol. The molecular formula is C25H20F3N3O4. The highest BCUT2D eigenvalue weighted by atomic mass is 19.4. The first kappa shape index (κ1) is 23.8. The molecule has 0 aliphatic carbocycles. The van der Waals surface area contributed by atoms with Crippen LogP contribution >= 0.6 is 0 Å². The molecular weight excluding hydrogens is 463 g/mol. The van der Waals surface area contributed by atoms with Crippen molar-refractivity contribution in [1.82, 2.24) is 9.55 Å². The van der Waals surface area contributed by atoms with Crippen LogP contribution < -0.4 is 9.64 Å². The van der Waals surface area contributed by atoms with Crippen molar-refractivity contribution in [2.45, 2.75) is 13.1 Å². The van der Waals surface area contributed by atoms with Gasteiger partial charge in [-0.15, -0.1) is 0 Å². The third kappa shape index (κ3) is 4.54. The number of carboxylic acids is 1. The minimum absolute atomic E-state index is 0.104. The Bertz CT molecular complexity index is 1430. The highest BCUT2D eigenvalue weighted by Crippen LogP contribution is 2.31. The number of anilines is 1. The van der Waals surface area contributed by atoms with Crippen LogP contribution in [0.4, 0.5) is 18.9 Å². The summed E-state index contributed by atoms with van der Waals surface area (Å²) in [5.41, 5.74) is 1.23. The molecule has 7 nitrogen and oxygen atoms in total. The first-order valence-electron chi connectivity index (χ1n) is 10.4. The molecule has 2 aromatic carbocycles. The number of hydrogen-bond acceptors (Lipinski definition) is 4. The number of amides is 1. The molecule has 0 aliphatic heterocycles. The predicted octanol–water partition coefficient (Wildman–Crippen LogP) is 5.67. The molecule has 1 amide bonds. The SMILES string of the molecule is Cc1c(C(=O)O)n(C)c2cc(Oc3ccc(N(C)C(=O)c4ccc(C(F)(F)F)cc4)cn3)ccc12. The van der Waals surface area contributed by atoms with E-state index in [2.05, 4.69) is 4.98 Å². The van der Waals surface area contributed by atoms with E-state index < -0.39 is 23.6 Å². The van der Waals surface area contributed by atoms with Crippen LogP contribution in [0.2, 0.25) is 0 Å². The molecule has 4 aromatic rings. The number of aromatic nitrogens is 2. The largest absolute Gasteiger partial charge is 0.477 e. The third-order valence-electron chi connectivity index (χ3n) is 5.72. The molecule has 1 N–H and O–H groups in total. The smallest absolute Gasteiger partial charge is 0.416 e. The Labute approximate surface area is 198 Å². The molecule has 0 aliphatic rings. The molecule has 4 rings (SSSR count). The predicted molar refractivity (Wildman–Crippen MR) is 123 cm³/mol. The minimum atomic E-state index is -4.48. The summed E-state index contributed by atoms with van der Waals surface area (Å²) in [6, 6.07) is 12.3. The number of halogens is 3. The van der Waals surface area contributed by atoms with Gasteiger partial charge in [0, 0.05) is 37.2 Å². The zero-order valence-corrected chi connectivity index (χ0v) is 18.9. The van der Waals surface area contributed by atoms with Crippen molar-refractivity contribution < 1.29 is 32.6 Å². The number of rotatable bonds is 5. The number of carbonyl (C=O) groups is 2. The lowest BCUT2D eigenvalue weighted by Crippen LogP contribution is -2.26. The molecule has 2 heterocycles. The van der Waals surface area contributed by atoms with Gasteiger partial charge >= 0.3 is 12.1 Å². The normalized spacial score (nSPS) is 11.5. The Morgan fingerprint density at radius 3 is 2.31 bits per heavy atom. The van der Waals surface area contributed by atoms with E-state index in [1.807, 2.05) is 0 Å². The number of carboxylic acid groups (broad SMARTS) is 1. The van der Waals surface area contributed by atoms with Gasteiger partial charge in [-0.2, -0.15) is 13.2 Å². The number of aryl methyl sites for hydroxylation is 2. The van der Waals surface area contributed by atoms with E-state index in [-0.39, 0.29) is 17.1 Å². The molecule has 0 atom stereocenters. The number of alkyl halides is 3. The lowest BCUT2D eigenvalue weighted by atomic mass is 10.1. The Morgan fingerprint density at radius 1 is 1.06 bits per heavy atom. The Morgan fingerprint density at radius 2 is 1.74 bits per heavy atom. The van der Waals surface area contributed by atoms with E-state index in [0.29, 0.717) is 22.5 Å². The first-order chi connectivity index (χ1) is 16.5. The third-order valence-corrected chi connectivity index (χ3v) is 5.72. The Kier molecular flexibility index (Phi) is 5.98. The number of pyridine rings is 1. The summed E-state index contributed by atoms with van der Waals surface area (Å²) < 4.78 is 45.6. The zero-order valence-electron chi connectivity index (χ0n) is 18.9. The highest BCUT2D eigenvalue weighted by Gasteiger charge is 2.30. The van der Waals surface area contributed by atoms with Crippen LogP contribution in [0.5, 0.6) is 11.6 Å². The number of hydrogen-bond donors (Lipinski definition) is 1. The van der Waals surface area contributed by atoms with Crippen LogP contribution in [0, 0.1) is 6.92 Å². The fraction of sp³-hybridized carbons (Fsp3) is 0.160. The van der Waals surface area contributed by atoms with Crippen LogP contribution in [0.3, 0.4) is 0 Å². The maximum atomic E-state index is 12.7. The molecule has 0 unspecified atom stereocenters. The average Bonchev–Trinajstić information content (AvgIpc) is 3.07. The summed E-state index contributed by atoms with van der Waals surface area (Å²) in [6.45, 7) is 1.75. The Balaban J connectivity index is 1.51. The summed E-state index contributed by atoms with van der Waals surface area (Å²) in [6.07, 6.45) is -3.07. The minimum Gasteiger partial charge on any atom is -0.477 e. The van der Waals surface area contributed by atoms with Crippen LogP contribution in [0.1, 0.15) is 32.0 Å². The maximum absolute atomic E-state index is 12.7. The summed E-state index contributed by atoms with van der Waals surface area (Å²) in [5, 5.41) is 10.2. The number of nitrogens with zero attached hydrogens (tertiary/aromatic N) is 3. The molecule has 0 bridgehead atoms. The van der Waals surface area contributed by atoms with Gasteiger partial charge in [0.05, 0.1) is 23.0 Å². The molecule has 0 fully saturated rings. The van der Waals surface area contributed by atoms with E-state index in [4.69, 9.17) is 4.74 Å². The number of benzene rings is 2. The van der Waals surface area contributed by atoms with Gasteiger partial charge in [0.1, 0.15) is 11.4 Å². The molecule has 2 aromatic heterocycles. The van der Waals surface area contributed by atoms with Gasteiger partial charge in [-0.05, 0) is 55.0 Å². The van der Waals surface area contributed by atoms with Crippen molar-refractivity contribution in [2.24, 2.45) is 7.05 Å². The lowest BCUT2D eigenvalue weighted by molar-refractivity contribution is -0.137. The molecule has 10 heteroatoms. The van der Waals surface area contributed by atoms with Crippen molar-refractivity contribution in [3.05, 3.63) is 83.2 Å². The van der Waals surface area contributed by atoms with Gasteiger partial charge in [0.15, 0.2) is 0 Å². The number of aromatic carboxylic acids is 1. The highest BCUT2D eigenvalue weighted by molar-refractivity contribution is 6.05. The number of fused-ring (bicyclic) bond motifs is 1. The summed E-state index contributed by atoms with van der Waals surface area (Å²) in [7, 11) is 3.16. The summed E-state index contributed by atoms with van der Waals surface area (Å²) in [4.78, 5) is 29.7. The summed E-state index contributed by atoms with van der Waals surface area (Å²) in [5.74, 6) is -0.818. The maximum Gasteiger partial charge on any atom is 0.416 e. The Hall–Kier alpha value is -4.34. The van der Waals surface area contributed by atoms with E-state index in [1.165, 1.54) is 18.1 Å². The van der Waals surface area contributed by atoms with Crippen molar-refractivity contribution in [3.8, 4) is 11.6 Å². The fourth-order valence-corrected chi connectivity index (χ4v) is 3.84. The molecule has 0 radical (unpaired) electrons. The van der Waals surface area contributed by atoms with Crippen molar-refractivity contribution in [2.75, 3.05) is 11.9 Å². The molecule has 0 saturated carbocycles. The first-order valence-corrected chi connectivity index (χ1v) is 10.4. The van der Waals surface area contributed by atoms with E-state index in [0.717, 1.165) is 29.7 Å². The second-order valence-electron chi connectivity index (χ2n) is 7.91. The van der Waals surface area contributed by atoms with Crippen molar-refractivity contribution in [1.29, 1.82) is 0 Å². The van der Waals surface area contributed by atoms with Gasteiger partial charge in [-0.25, -0.2) is 9.78 Å². The van der Waals surface area contributed by atoms with E-state index in [1.54, 1.807) is 48.9 Å². The van der Waals surface area contributed by atoms with Crippen LogP contribution in [0.15, 0.2) is 60.8 Å². The number of ether oxygens (including phenoxy) is 1. The lowest BCUT2D eigenvalue weighted by Gasteiger charge is -2.18. The van der Waals surface area contributed by atoms with E-state index in [9.17, 15) is 27.9 Å². The van der Waals surface area contributed by atoms with Crippen LogP contribution in [0.25, 0.3) is 10.9 Å². The second-order valence-corrected chi connectivity index (χ2v) is 7.91. The van der Waals surface area contributed by atoms with Crippen LogP contribution in [-0.2, 0) is 13.2 Å². The van der Waals surface area contributed by atoms with Crippen LogP contribution in [-0.4, -0.2) is 33.6 Å². The van der Waals surface area contributed by atoms with Gasteiger partial charge in [0.2, 0.25) is 5.88 Å². The number of carbonyl (C=O) groups excluding carboxylic acids is 1. The topological polar surface area (TPSA) is 84.7 Å². The fourth-order valence-electron chi connectivity index (χ4n) is 3.84. The molecule has 180 valence electrons. The molecule has 0 saturated heterocycles. The van der Waals surface area contributed by atoms with Gasteiger partial charge in [0.25, 0.3) is 5.91 Å². The second kappa shape index (κ2) is 8.79. The van der Waals surface area contributed by atoms with Crippen molar-refractivity contribution >= 4 is 28.5 Å². The zero-order chi connectivity index (χ0) is 25.5. The van der Waals surface area contributed by atoms with Crippen molar-refractivity contribution in [3.63, 3.8) is 0 Å². The molecule has 0 spiro atoms. The van der Waals surface area contributed by atoms with Gasteiger partial charge in [-0.1, -0.05) is 0 Å². The van der Waals surface area contributed by atoms with E-state index >= 15 is 0 Å². The van der Waals surface area contributed by atoms with Gasteiger partial charge in [-0.3, -0.25) is 4.79 Å². The standard InChI is InChI=1S/C25H20F3N3O4/c1-14-19-10-9-18(12-20(19)31(3)22(14)24(33)34)35-21-11-8-17(13-29-21)30(2)23(32)15-4-6-16(7-5-15)25(26,27)28/h4-13H,1-3H3,(H,33,34). The quantitative estimate of drug-likeness (QED) is 0.396. The monoisotopic (exact) mass is 483 g/mol.